The van der Waals surface area contributed by atoms with Crippen molar-refractivity contribution in [3.8, 4) is 5.69 Å². The molecule has 1 aliphatic heterocycles. The van der Waals surface area contributed by atoms with Crippen LogP contribution in [-0.2, 0) is 16.1 Å². The van der Waals surface area contributed by atoms with Crippen molar-refractivity contribution in [1.82, 2.24) is 30.4 Å². The molecule has 0 saturated carbocycles. The highest BCUT2D eigenvalue weighted by Crippen LogP contribution is 2.17. The van der Waals surface area contributed by atoms with Gasteiger partial charge in [-0.1, -0.05) is 18.2 Å². The molecule has 1 N–H and O–H groups in total. The Labute approximate surface area is 139 Å². The fourth-order valence-electron chi connectivity index (χ4n) is 2.83. The van der Waals surface area contributed by atoms with Crippen LogP contribution in [0.15, 0.2) is 30.3 Å². The van der Waals surface area contributed by atoms with E-state index in [1.807, 2.05) is 37.3 Å². The van der Waals surface area contributed by atoms with E-state index in [4.69, 9.17) is 0 Å². The zero-order valence-corrected chi connectivity index (χ0v) is 13.6. The maximum absolute atomic E-state index is 12.4. The fourth-order valence-corrected chi connectivity index (χ4v) is 2.83. The van der Waals surface area contributed by atoms with Gasteiger partial charge in [-0.2, -0.15) is 4.68 Å². The van der Waals surface area contributed by atoms with Gasteiger partial charge in [0, 0.05) is 19.5 Å². The van der Waals surface area contributed by atoms with Gasteiger partial charge < -0.3 is 10.2 Å². The molecule has 2 heterocycles. The van der Waals surface area contributed by atoms with Gasteiger partial charge in [-0.3, -0.25) is 9.59 Å². The molecule has 1 aromatic heterocycles. The van der Waals surface area contributed by atoms with Crippen LogP contribution in [0, 0.1) is 5.92 Å². The number of tetrazole rings is 1. The van der Waals surface area contributed by atoms with E-state index >= 15 is 0 Å². The highest BCUT2D eigenvalue weighted by atomic mass is 16.2. The number of piperidine rings is 1. The van der Waals surface area contributed by atoms with E-state index in [0.717, 1.165) is 5.69 Å². The van der Waals surface area contributed by atoms with Crippen LogP contribution in [0.4, 0.5) is 0 Å². The SMILES string of the molecule is CCN1C[C@H](C(=O)NCc2nnnn2-c2ccccc2)CCC1=O. The van der Waals surface area contributed by atoms with Gasteiger partial charge in [0.25, 0.3) is 0 Å². The van der Waals surface area contributed by atoms with Crippen molar-refractivity contribution in [3.63, 3.8) is 0 Å². The van der Waals surface area contributed by atoms with E-state index in [0.29, 0.717) is 31.8 Å². The fraction of sp³-hybridized carbons (Fsp3) is 0.438. The van der Waals surface area contributed by atoms with Gasteiger partial charge in [-0.15, -0.1) is 5.10 Å². The van der Waals surface area contributed by atoms with Crippen molar-refractivity contribution >= 4 is 11.8 Å². The first-order valence-electron chi connectivity index (χ1n) is 8.07. The molecule has 3 rings (SSSR count). The minimum absolute atomic E-state index is 0.0661. The molecule has 1 atom stereocenters. The maximum atomic E-state index is 12.4. The molecule has 0 aliphatic carbocycles. The molecule has 0 radical (unpaired) electrons. The second-order valence-corrected chi connectivity index (χ2v) is 5.73. The van der Waals surface area contributed by atoms with Gasteiger partial charge in [0.2, 0.25) is 11.8 Å². The predicted octanol–water partition coefficient (Wildman–Crippen LogP) is 0.537. The van der Waals surface area contributed by atoms with Crippen molar-refractivity contribution in [2.45, 2.75) is 26.3 Å². The molecule has 1 aliphatic rings. The Balaban J connectivity index is 1.62. The Bertz CT molecular complexity index is 714. The second-order valence-electron chi connectivity index (χ2n) is 5.73. The summed E-state index contributed by atoms with van der Waals surface area (Å²) in [6.45, 7) is 3.28. The van der Waals surface area contributed by atoms with Crippen LogP contribution in [0.5, 0.6) is 0 Å². The molecule has 8 heteroatoms. The first-order chi connectivity index (χ1) is 11.7. The average Bonchev–Trinajstić information content (AvgIpc) is 3.09. The largest absolute Gasteiger partial charge is 0.348 e. The van der Waals surface area contributed by atoms with E-state index in [9.17, 15) is 9.59 Å². The van der Waals surface area contributed by atoms with E-state index in [1.165, 1.54) is 0 Å². The molecule has 2 aromatic rings. The average molecular weight is 328 g/mol. The zero-order valence-electron chi connectivity index (χ0n) is 13.6. The Morgan fingerprint density at radius 1 is 1.33 bits per heavy atom. The Morgan fingerprint density at radius 2 is 2.12 bits per heavy atom. The van der Waals surface area contributed by atoms with Crippen LogP contribution in [-0.4, -0.2) is 50.0 Å². The number of para-hydroxylation sites is 1. The number of rotatable bonds is 5. The second kappa shape index (κ2) is 7.20. The lowest BCUT2D eigenvalue weighted by Gasteiger charge is -2.30. The molecule has 2 amide bonds. The van der Waals surface area contributed by atoms with Crippen molar-refractivity contribution in [3.05, 3.63) is 36.2 Å². The third-order valence-electron chi connectivity index (χ3n) is 4.21. The number of nitrogens with zero attached hydrogens (tertiary/aromatic N) is 5. The highest BCUT2D eigenvalue weighted by Gasteiger charge is 2.29. The number of nitrogens with one attached hydrogen (secondary N) is 1. The van der Waals surface area contributed by atoms with Gasteiger partial charge >= 0.3 is 0 Å². The normalized spacial score (nSPS) is 17.8. The van der Waals surface area contributed by atoms with Gasteiger partial charge in [0.15, 0.2) is 5.82 Å². The van der Waals surface area contributed by atoms with Gasteiger partial charge in [0.1, 0.15) is 0 Å². The van der Waals surface area contributed by atoms with E-state index in [1.54, 1.807) is 9.58 Å². The molecule has 1 saturated heterocycles. The quantitative estimate of drug-likeness (QED) is 0.864. The smallest absolute Gasteiger partial charge is 0.225 e. The first-order valence-corrected chi connectivity index (χ1v) is 8.07. The van der Waals surface area contributed by atoms with E-state index in [2.05, 4.69) is 20.8 Å². The third kappa shape index (κ3) is 3.42. The molecule has 0 unspecified atom stereocenters. The lowest BCUT2D eigenvalue weighted by molar-refractivity contribution is -0.138. The maximum Gasteiger partial charge on any atom is 0.225 e. The number of carbonyl (C=O) groups is 2. The monoisotopic (exact) mass is 328 g/mol. The summed E-state index contributed by atoms with van der Waals surface area (Å²) in [6.07, 6.45) is 1.01. The van der Waals surface area contributed by atoms with Crippen LogP contribution in [0.1, 0.15) is 25.6 Å². The molecule has 1 fully saturated rings. The van der Waals surface area contributed by atoms with Gasteiger partial charge in [-0.25, -0.2) is 0 Å². The van der Waals surface area contributed by atoms with Crippen LogP contribution in [0.25, 0.3) is 5.69 Å². The summed E-state index contributed by atoms with van der Waals surface area (Å²) >= 11 is 0. The molecule has 1 aromatic carbocycles. The number of amides is 2. The first kappa shape index (κ1) is 16.1. The Kier molecular flexibility index (Phi) is 4.83. The molecule has 0 spiro atoms. The molecular weight excluding hydrogens is 308 g/mol. The van der Waals surface area contributed by atoms with Crippen molar-refractivity contribution in [2.75, 3.05) is 13.1 Å². The Morgan fingerprint density at radius 3 is 2.88 bits per heavy atom. The van der Waals surface area contributed by atoms with E-state index in [-0.39, 0.29) is 24.3 Å². The molecule has 24 heavy (non-hydrogen) atoms. The van der Waals surface area contributed by atoms with Crippen molar-refractivity contribution in [2.24, 2.45) is 5.92 Å². The highest BCUT2D eigenvalue weighted by molar-refractivity contribution is 5.83. The summed E-state index contributed by atoms with van der Waals surface area (Å²) in [5.74, 6) is 0.440. The van der Waals surface area contributed by atoms with Crippen LogP contribution >= 0.6 is 0 Å². The number of benzene rings is 1. The van der Waals surface area contributed by atoms with Crippen LogP contribution in [0.3, 0.4) is 0 Å². The molecular formula is C16H20N6O2. The summed E-state index contributed by atoms with van der Waals surface area (Å²) in [6, 6.07) is 9.51. The number of hydrogen-bond acceptors (Lipinski definition) is 5. The summed E-state index contributed by atoms with van der Waals surface area (Å²) in [5.41, 5.74) is 0.840. The topological polar surface area (TPSA) is 93.0 Å². The number of carbonyl (C=O) groups excluding carboxylic acids is 2. The minimum Gasteiger partial charge on any atom is -0.348 e. The van der Waals surface area contributed by atoms with Crippen LogP contribution in [0.2, 0.25) is 0 Å². The van der Waals surface area contributed by atoms with Gasteiger partial charge in [-0.05, 0) is 35.9 Å². The number of likely N-dealkylation sites (tertiary alicyclic amines) is 1. The van der Waals surface area contributed by atoms with E-state index < -0.39 is 0 Å². The van der Waals surface area contributed by atoms with Crippen molar-refractivity contribution < 1.29 is 9.59 Å². The third-order valence-corrected chi connectivity index (χ3v) is 4.21. The summed E-state index contributed by atoms with van der Waals surface area (Å²) in [4.78, 5) is 25.8. The minimum atomic E-state index is -0.177. The standard InChI is InChI=1S/C16H20N6O2/c1-2-21-11-12(8-9-15(21)23)16(24)17-10-14-18-19-20-22(14)13-6-4-3-5-7-13/h3-7,12H,2,8-11H2,1H3,(H,17,24)/t12-/m1/s1. The molecule has 8 nitrogen and oxygen atoms in total. The summed E-state index contributed by atoms with van der Waals surface area (Å²) in [7, 11) is 0. The van der Waals surface area contributed by atoms with Crippen molar-refractivity contribution in [1.29, 1.82) is 0 Å². The molecule has 0 bridgehead atoms. The van der Waals surface area contributed by atoms with Crippen LogP contribution < -0.4 is 5.32 Å². The Hall–Kier alpha value is -2.77. The molecule has 126 valence electrons. The summed E-state index contributed by atoms with van der Waals surface area (Å²) < 4.78 is 1.60. The lowest BCUT2D eigenvalue weighted by atomic mass is 9.96. The number of aromatic nitrogens is 4. The van der Waals surface area contributed by atoms with Gasteiger partial charge in [0.05, 0.1) is 18.2 Å². The predicted molar refractivity (Wildman–Crippen MR) is 86.0 cm³/mol. The summed E-state index contributed by atoms with van der Waals surface area (Å²) in [5, 5.41) is 14.5. The number of hydrogen-bond donors (Lipinski definition) is 1. The zero-order chi connectivity index (χ0) is 16.9. The lowest BCUT2D eigenvalue weighted by Crippen LogP contribution is -2.45.